The summed E-state index contributed by atoms with van der Waals surface area (Å²) in [7, 11) is 0. The van der Waals surface area contributed by atoms with Crippen LogP contribution in [0.25, 0.3) is 11.3 Å². The van der Waals surface area contributed by atoms with Gasteiger partial charge in [0, 0.05) is 16.9 Å². The van der Waals surface area contributed by atoms with E-state index in [-0.39, 0.29) is 5.75 Å². The van der Waals surface area contributed by atoms with Gasteiger partial charge in [0.05, 0.1) is 11.4 Å². The van der Waals surface area contributed by atoms with E-state index in [1.165, 1.54) is 33.3 Å². The van der Waals surface area contributed by atoms with Gasteiger partial charge in [-0.2, -0.15) is 0 Å². The summed E-state index contributed by atoms with van der Waals surface area (Å²) < 4.78 is 0.856. The Kier molecular flexibility index (Phi) is 2.87. The zero-order valence-corrected chi connectivity index (χ0v) is 11.4. The van der Waals surface area contributed by atoms with Crippen molar-refractivity contribution in [2.45, 2.75) is 17.7 Å². The topological polar surface area (TPSA) is 50.2 Å². The number of hydrogen-bond acceptors (Lipinski definition) is 4. The molecule has 2 aromatic rings. The monoisotopic (exact) mass is 277 g/mol. The largest absolute Gasteiger partial charge is 0.481 e. The standard InChI is InChI=1S/C13H11NO2S2/c1-7-2-3-8-5-10-12(9(8)4-7)14-13(18-10)17-6-11(15)16/h2-4H,5-6H2,1H3,(H,15,16). The van der Waals surface area contributed by atoms with Gasteiger partial charge < -0.3 is 5.11 Å². The van der Waals surface area contributed by atoms with Gasteiger partial charge in [-0.3, -0.25) is 4.79 Å². The molecule has 3 nitrogen and oxygen atoms in total. The van der Waals surface area contributed by atoms with Gasteiger partial charge in [0.1, 0.15) is 0 Å². The van der Waals surface area contributed by atoms with E-state index in [0.29, 0.717) is 0 Å². The Hall–Kier alpha value is -1.33. The van der Waals surface area contributed by atoms with E-state index >= 15 is 0 Å². The maximum atomic E-state index is 10.5. The predicted octanol–water partition coefficient (Wildman–Crippen LogP) is 3.20. The van der Waals surface area contributed by atoms with Crippen LogP contribution in [0.3, 0.4) is 0 Å². The van der Waals surface area contributed by atoms with E-state index in [0.717, 1.165) is 16.5 Å². The normalized spacial score (nSPS) is 12.3. The number of aromatic nitrogens is 1. The third kappa shape index (κ3) is 2.04. The third-order valence-electron chi connectivity index (χ3n) is 2.87. The van der Waals surface area contributed by atoms with Crippen molar-refractivity contribution in [2.24, 2.45) is 0 Å². The molecule has 92 valence electrons. The number of rotatable bonds is 3. The smallest absolute Gasteiger partial charge is 0.313 e. The van der Waals surface area contributed by atoms with Crippen molar-refractivity contribution in [3.63, 3.8) is 0 Å². The molecule has 5 heteroatoms. The fourth-order valence-corrected chi connectivity index (χ4v) is 4.03. The van der Waals surface area contributed by atoms with Crippen LogP contribution in [0.5, 0.6) is 0 Å². The van der Waals surface area contributed by atoms with Crippen molar-refractivity contribution in [2.75, 3.05) is 5.75 Å². The molecule has 1 aliphatic rings. The highest BCUT2D eigenvalue weighted by molar-refractivity contribution is 8.01. The number of carbonyl (C=O) groups is 1. The van der Waals surface area contributed by atoms with Gasteiger partial charge in [0.2, 0.25) is 0 Å². The second-order valence-electron chi connectivity index (χ2n) is 4.27. The summed E-state index contributed by atoms with van der Waals surface area (Å²) in [5.74, 6) is -0.723. The average Bonchev–Trinajstić information content (AvgIpc) is 2.84. The predicted molar refractivity (Wildman–Crippen MR) is 73.5 cm³/mol. The average molecular weight is 277 g/mol. The lowest BCUT2D eigenvalue weighted by Crippen LogP contribution is -1.97. The molecule has 0 radical (unpaired) electrons. The summed E-state index contributed by atoms with van der Waals surface area (Å²) in [5, 5.41) is 8.67. The molecule has 0 bridgehead atoms. The molecular formula is C13H11NO2S2. The van der Waals surface area contributed by atoms with Gasteiger partial charge in [-0.05, 0) is 18.6 Å². The Morgan fingerprint density at radius 1 is 1.56 bits per heavy atom. The van der Waals surface area contributed by atoms with E-state index in [1.807, 2.05) is 0 Å². The van der Waals surface area contributed by atoms with Crippen LogP contribution in [-0.2, 0) is 11.2 Å². The fraction of sp³-hybridized carbons (Fsp3) is 0.231. The summed E-state index contributed by atoms with van der Waals surface area (Å²) in [6, 6.07) is 6.44. The molecule has 1 aliphatic carbocycles. The third-order valence-corrected chi connectivity index (χ3v) is 5.05. The number of aryl methyl sites for hydroxylation is 1. The van der Waals surface area contributed by atoms with Crippen LogP contribution >= 0.6 is 23.1 Å². The van der Waals surface area contributed by atoms with Crippen LogP contribution in [0.15, 0.2) is 22.5 Å². The van der Waals surface area contributed by atoms with Gasteiger partial charge in [-0.25, -0.2) is 4.98 Å². The number of fused-ring (bicyclic) bond motifs is 3. The first-order chi connectivity index (χ1) is 8.63. The van der Waals surface area contributed by atoms with Crippen molar-refractivity contribution in [1.29, 1.82) is 0 Å². The number of aliphatic carboxylic acids is 1. The van der Waals surface area contributed by atoms with Crippen LogP contribution in [0.4, 0.5) is 0 Å². The molecule has 0 atom stereocenters. The minimum Gasteiger partial charge on any atom is -0.481 e. The molecule has 0 amide bonds. The number of hydrogen-bond donors (Lipinski definition) is 1. The van der Waals surface area contributed by atoms with Gasteiger partial charge in [0.25, 0.3) is 0 Å². The lowest BCUT2D eigenvalue weighted by molar-refractivity contribution is -0.133. The summed E-state index contributed by atoms with van der Waals surface area (Å²) >= 11 is 2.91. The maximum Gasteiger partial charge on any atom is 0.313 e. The van der Waals surface area contributed by atoms with E-state index in [9.17, 15) is 4.79 Å². The van der Waals surface area contributed by atoms with Gasteiger partial charge in [-0.15, -0.1) is 11.3 Å². The van der Waals surface area contributed by atoms with Crippen LogP contribution in [0.2, 0.25) is 0 Å². The van der Waals surface area contributed by atoms with E-state index in [1.54, 1.807) is 11.3 Å². The van der Waals surface area contributed by atoms with Crippen LogP contribution < -0.4 is 0 Å². The fourth-order valence-electron chi connectivity index (χ4n) is 2.08. The number of thioether (sulfide) groups is 1. The summed E-state index contributed by atoms with van der Waals surface area (Å²) in [5.41, 5.74) is 4.81. The highest BCUT2D eigenvalue weighted by atomic mass is 32.2. The number of thiazole rings is 1. The van der Waals surface area contributed by atoms with Gasteiger partial charge in [0.15, 0.2) is 4.34 Å². The minimum atomic E-state index is -0.799. The summed E-state index contributed by atoms with van der Waals surface area (Å²) in [6.07, 6.45) is 0.927. The molecule has 0 spiro atoms. The Labute approximate surface area is 113 Å². The minimum absolute atomic E-state index is 0.0765. The van der Waals surface area contributed by atoms with E-state index in [2.05, 4.69) is 30.1 Å². The number of carboxylic acids is 1. The van der Waals surface area contributed by atoms with Crippen molar-refractivity contribution in [3.05, 3.63) is 34.2 Å². The quantitative estimate of drug-likeness (QED) is 0.747. The van der Waals surface area contributed by atoms with Gasteiger partial charge >= 0.3 is 5.97 Å². The molecule has 0 unspecified atom stereocenters. The molecule has 18 heavy (non-hydrogen) atoms. The first kappa shape index (κ1) is 11.7. The molecule has 1 N–H and O–H groups in total. The van der Waals surface area contributed by atoms with E-state index < -0.39 is 5.97 Å². The number of nitrogens with zero attached hydrogens (tertiary/aromatic N) is 1. The number of benzene rings is 1. The molecule has 0 saturated heterocycles. The van der Waals surface area contributed by atoms with Crippen molar-refractivity contribution in [1.82, 2.24) is 4.98 Å². The first-order valence-corrected chi connectivity index (χ1v) is 7.38. The zero-order valence-electron chi connectivity index (χ0n) is 9.77. The molecule has 1 aromatic carbocycles. The summed E-state index contributed by atoms with van der Waals surface area (Å²) in [6.45, 7) is 2.07. The van der Waals surface area contributed by atoms with Crippen LogP contribution in [0.1, 0.15) is 16.0 Å². The van der Waals surface area contributed by atoms with Crippen LogP contribution in [-0.4, -0.2) is 21.8 Å². The highest BCUT2D eigenvalue weighted by Gasteiger charge is 2.23. The second-order valence-corrected chi connectivity index (χ2v) is 6.58. The van der Waals surface area contributed by atoms with Crippen molar-refractivity contribution in [3.8, 4) is 11.3 Å². The first-order valence-electron chi connectivity index (χ1n) is 5.57. The lowest BCUT2D eigenvalue weighted by Gasteiger charge is -2.00. The Morgan fingerprint density at radius 3 is 3.17 bits per heavy atom. The number of carboxylic acid groups (broad SMARTS) is 1. The molecule has 0 aliphatic heterocycles. The Morgan fingerprint density at radius 2 is 2.39 bits per heavy atom. The van der Waals surface area contributed by atoms with E-state index in [4.69, 9.17) is 5.11 Å². The Bertz CT molecular complexity index is 634. The molecular weight excluding hydrogens is 266 g/mol. The molecule has 3 rings (SSSR count). The molecule has 0 saturated carbocycles. The van der Waals surface area contributed by atoms with Crippen molar-refractivity contribution < 1.29 is 9.90 Å². The highest BCUT2D eigenvalue weighted by Crippen LogP contribution is 2.42. The molecule has 1 heterocycles. The lowest BCUT2D eigenvalue weighted by atomic mass is 10.1. The SMILES string of the molecule is Cc1ccc2c(c1)-c1nc(SCC(=O)O)sc1C2. The van der Waals surface area contributed by atoms with Gasteiger partial charge in [-0.1, -0.05) is 29.5 Å². The molecule has 1 aromatic heterocycles. The van der Waals surface area contributed by atoms with Crippen molar-refractivity contribution >= 4 is 29.1 Å². The summed E-state index contributed by atoms with van der Waals surface area (Å²) in [4.78, 5) is 16.4. The Balaban J connectivity index is 1.92. The zero-order chi connectivity index (χ0) is 12.7. The van der Waals surface area contributed by atoms with Crippen LogP contribution in [0, 0.1) is 6.92 Å². The maximum absolute atomic E-state index is 10.5. The second kappa shape index (κ2) is 4.40. The molecule has 0 fully saturated rings.